The zero-order valence-electron chi connectivity index (χ0n) is 9.37. The molecule has 3 nitrogen and oxygen atoms in total. The Balaban J connectivity index is 2.69. The Bertz CT molecular complexity index is 377. The summed E-state index contributed by atoms with van der Waals surface area (Å²) in [5, 5.41) is 10.1. The van der Waals surface area contributed by atoms with Gasteiger partial charge in [0.2, 0.25) is 0 Å². The van der Waals surface area contributed by atoms with Crippen LogP contribution in [0.5, 0.6) is 0 Å². The van der Waals surface area contributed by atoms with Crippen molar-refractivity contribution in [3.8, 4) is 0 Å². The highest BCUT2D eigenvalue weighted by Crippen LogP contribution is 2.19. The van der Waals surface area contributed by atoms with Crippen LogP contribution in [0.4, 0.5) is 0 Å². The molecule has 1 unspecified atom stereocenters. The molecule has 0 heterocycles. The van der Waals surface area contributed by atoms with Gasteiger partial charge in [0.05, 0.1) is 6.61 Å². The minimum absolute atomic E-state index is 0.179. The molecule has 1 aromatic carbocycles. The van der Waals surface area contributed by atoms with Crippen molar-refractivity contribution in [2.75, 3.05) is 6.61 Å². The first kappa shape index (κ1) is 13.0. The van der Waals surface area contributed by atoms with E-state index in [2.05, 4.69) is 0 Å². The molecule has 4 heteroatoms. The monoisotopic (exact) mass is 242 g/mol. The second kappa shape index (κ2) is 5.87. The van der Waals surface area contributed by atoms with Crippen LogP contribution in [0.1, 0.15) is 18.1 Å². The van der Waals surface area contributed by atoms with E-state index in [0.717, 1.165) is 11.1 Å². The molecule has 0 aliphatic heterocycles. The Hall–Kier alpha value is -1.06. The number of aliphatic hydroxyl groups is 1. The van der Waals surface area contributed by atoms with Gasteiger partial charge in [-0.2, -0.15) is 0 Å². The van der Waals surface area contributed by atoms with Crippen LogP contribution in [0, 0.1) is 6.92 Å². The van der Waals surface area contributed by atoms with Crippen molar-refractivity contribution in [1.29, 1.82) is 0 Å². The van der Waals surface area contributed by atoms with Crippen molar-refractivity contribution in [3.63, 3.8) is 0 Å². The summed E-state index contributed by atoms with van der Waals surface area (Å²) in [7, 11) is 0. The summed E-state index contributed by atoms with van der Waals surface area (Å²) in [5.74, 6) is -0.612. The first-order chi connectivity index (χ1) is 7.54. The molecule has 0 aromatic heterocycles. The Morgan fingerprint density at radius 1 is 1.56 bits per heavy atom. The van der Waals surface area contributed by atoms with Crippen molar-refractivity contribution in [2.45, 2.75) is 26.4 Å². The molecule has 88 valence electrons. The van der Waals surface area contributed by atoms with Crippen molar-refractivity contribution < 1.29 is 14.6 Å². The number of carbonyl (C=O) groups is 1. The molecule has 0 fully saturated rings. The van der Waals surface area contributed by atoms with Crippen LogP contribution < -0.4 is 0 Å². The molecule has 0 saturated heterocycles. The summed E-state index contributed by atoms with van der Waals surface area (Å²) in [6.07, 6.45) is -0.974. The van der Waals surface area contributed by atoms with E-state index in [1.165, 1.54) is 0 Å². The van der Waals surface area contributed by atoms with E-state index in [1.54, 1.807) is 19.1 Å². The maximum Gasteiger partial charge on any atom is 0.335 e. The topological polar surface area (TPSA) is 46.5 Å². The highest BCUT2D eigenvalue weighted by Gasteiger charge is 2.17. The largest absolute Gasteiger partial charge is 0.464 e. The quantitative estimate of drug-likeness (QED) is 0.823. The van der Waals surface area contributed by atoms with Crippen LogP contribution in [-0.2, 0) is 16.0 Å². The Morgan fingerprint density at radius 2 is 2.25 bits per heavy atom. The highest BCUT2D eigenvalue weighted by molar-refractivity contribution is 6.31. The van der Waals surface area contributed by atoms with Gasteiger partial charge in [-0.15, -0.1) is 0 Å². The maximum absolute atomic E-state index is 11.2. The number of ether oxygens (including phenoxy) is 1. The highest BCUT2D eigenvalue weighted by atomic mass is 35.5. The Labute approximate surface area is 100.0 Å². The molecule has 1 atom stereocenters. The van der Waals surface area contributed by atoms with Gasteiger partial charge in [0.15, 0.2) is 6.10 Å². The third-order valence-electron chi connectivity index (χ3n) is 2.18. The number of aliphatic hydroxyl groups excluding tert-OH is 1. The van der Waals surface area contributed by atoms with Crippen molar-refractivity contribution in [3.05, 3.63) is 34.3 Å². The van der Waals surface area contributed by atoms with Crippen molar-refractivity contribution in [2.24, 2.45) is 0 Å². The second-order valence-electron chi connectivity index (χ2n) is 3.57. The van der Waals surface area contributed by atoms with Gasteiger partial charge in [-0.05, 0) is 31.0 Å². The number of hydrogen-bond acceptors (Lipinski definition) is 3. The zero-order valence-corrected chi connectivity index (χ0v) is 10.1. The van der Waals surface area contributed by atoms with E-state index in [4.69, 9.17) is 16.3 Å². The van der Waals surface area contributed by atoms with E-state index < -0.39 is 12.1 Å². The van der Waals surface area contributed by atoms with Gasteiger partial charge >= 0.3 is 5.97 Å². The van der Waals surface area contributed by atoms with Crippen LogP contribution in [0.3, 0.4) is 0 Å². The molecule has 0 amide bonds. The Morgan fingerprint density at radius 3 is 2.81 bits per heavy atom. The molecular formula is C12H15ClO3. The van der Waals surface area contributed by atoms with Crippen LogP contribution in [-0.4, -0.2) is 23.8 Å². The average Bonchev–Trinajstić information content (AvgIpc) is 2.22. The normalized spacial score (nSPS) is 12.2. The molecule has 16 heavy (non-hydrogen) atoms. The fourth-order valence-corrected chi connectivity index (χ4v) is 1.66. The number of benzene rings is 1. The van der Waals surface area contributed by atoms with Crippen LogP contribution in [0.15, 0.2) is 18.2 Å². The third kappa shape index (κ3) is 3.51. The minimum Gasteiger partial charge on any atom is -0.464 e. The Kier molecular flexibility index (Phi) is 4.77. The number of aryl methyl sites for hydroxylation is 1. The standard InChI is InChI=1S/C12H15ClO3/c1-3-16-12(15)11(14)7-9-5-4-8(2)6-10(9)13/h4-6,11,14H,3,7H2,1-2H3. The number of carbonyl (C=O) groups excluding carboxylic acids is 1. The van der Waals surface area contributed by atoms with E-state index in [9.17, 15) is 9.90 Å². The van der Waals surface area contributed by atoms with Crippen molar-refractivity contribution >= 4 is 17.6 Å². The predicted molar refractivity (Wildman–Crippen MR) is 62.5 cm³/mol. The van der Waals surface area contributed by atoms with E-state index in [1.807, 2.05) is 13.0 Å². The molecule has 1 N–H and O–H groups in total. The van der Waals surface area contributed by atoms with Gasteiger partial charge in [0.25, 0.3) is 0 Å². The first-order valence-corrected chi connectivity index (χ1v) is 5.52. The number of hydrogen-bond donors (Lipinski definition) is 1. The summed E-state index contributed by atoms with van der Waals surface area (Å²) < 4.78 is 4.71. The lowest BCUT2D eigenvalue weighted by Gasteiger charge is -2.11. The molecule has 0 bridgehead atoms. The SMILES string of the molecule is CCOC(=O)C(O)Cc1ccc(C)cc1Cl. The summed E-state index contributed by atoms with van der Waals surface area (Å²) >= 11 is 5.99. The lowest BCUT2D eigenvalue weighted by molar-refractivity contribution is -0.152. The average molecular weight is 243 g/mol. The predicted octanol–water partition coefficient (Wildman–Crippen LogP) is 2.11. The fourth-order valence-electron chi connectivity index (χ4n) is 1.35. The zero-order chi connectivity index (χ0) is 12.1. The summed E-state index contributed by atoms with van der Waals surface area (Å²) in [6.45, 7) is 3.89. The molecule has 0 saturated carbocycles. The van der Waals surface area contributed by atoms with Crippen LogP contribution in [0.2, 0.25) is 5.02 Å². The van der Waals surface area contributed by atoms with E-state index in [0.29, 0.717) is 5.02 Å². The second-order valence-corrected chi connectivity index (χ2v) is 3.97. The summed E-state index contributed by atoms with van der Waals surface area (Å²) in [5.41, 5.74) is 1.78. The summed E-state index contributed by atoms with van der Waals surface area (Å²) in [6, 6.07) is 5.49. The third-order valence-corrected chi connectivity index (χ3v) is 2.53. The van der Waals surface area contributed by atoms with Gasteiger partial charge in [-0.25, -0.2) is 4.79 Å². The van der Waals surface area contributed by atoms with E-state index >= 15 is 0 Å². The summed E-state index contributed by atoms with van der Waals surface area (Å²) in [4.78, 5) is 11.2. The van der Waals surface area contributed by atoms with Gasteiger partial charge in [-0.1, -0.05) is 23.7 Å². The van der Waals surface area contributed by atoms with Gasteiger partial charge in [0.1, 0.15) is 0 Å². The molecule has 0 spiro atoms. The molecular weight excluding hydrogens is 228 g/mol. The molecule has 1 rings (SSSR count). The maximum atomic E-state index is 11.2. The molecule has 0 aliphatic carbocycles. The minimum atomic E-state index is -1.15. The van der Waals surface area contributed by atoms with Crippen LogP contribution in [0.25, 0.3) is 0 Å². The van der Waals surface area contributed by atoms with Gasteiger partial charge < -0.3 is 9.84 Å². The smallest absolute Gasteiger partial charge is 0.335 e. The number of halogens is 1. The fraction of sp³-hybridized carbons (Fsp3) is 0.417. The molecule has 0 radical (unpaired) electrons. The molecule has 1 aromatic rings. The van der Waals surface area contributed by atoms with Crippen LogP contribution >= 0.6 is 11.6 Å². The lowest BCUT2D eigenvalue weighted by atomic mass is 10.1. The number of esters is 1. The van der Waals surface area contributed by atoms with Gasteiger partial charge in [0, 0.05) is 11.4 Å². The lowest BCUT2D eigenvalue weighted by Crippen LogP contribution is -2.25. The van der Waals surface area contributed by atoms with Crippen molar-refractivity contribution in [1.82, 2.24) is 0 Å². The van der Waals surface area contributed by atoms with E-state index in [-0.39, 0.29) is 13.0 Å². The van der Waals surface area contributed by atoms with Gasteiger partial charge in [-0.3, -0.25) is 0 Å². The number of rotatable bonds is 4. The first-order valence-electron chi connectivity index (χ1n) is 5.14. The molecule has 0 aliphatic rings.